The number of aliphatic hydroxyl groups is 1. The van der Waals surface area contributed by atoms with E-state index in [9.17, 15) is 9.90 Å². The van der Waals surface area contributed by atoms with Gasteiger partial charge in [0.1, 0.15) is 0 Å². The quantitative estimate of drug-likeness (QED) is 0.804. The third kappa shape index (κ3) is 3.70. The molecule has 1 aromatic rings. The fraction of sp³-hybridized carbons (Fsp3) is 0.462. The normalized spacial score (nSPS) is 15.8. The van der Waals surface area contributed by atoms with Crippen LogP contribution in [0.4, 0.5) is 0 Å². The molecule has 0 amide bonds. The van der Waals surface area contributed by atoms with Gasteiger partial charge in [0, 0.05) is 17.6 Å². The first-order chi connectivity index (χ1) is 8.38. The molecule has 0 spiro atoms. The predicted molar refractivity (Wildman–Crippen MR) is 70.5 cm³/mol. The minimum absolute atomic E-state index is 0.0742. The molecule has 0 radical (unpaired) electrons. The van der Waals surface area contributed by atoms with Gasteiger partial charge in [-0.05, 0) is 25.5 Å². The summed E-state index contributed by atoms with van der Waals surface area (Å²) in [5, 5.41) is 13.6. The minimum atomic E-state index is -1.55. The number of hydrogen-bond donors (Lipinski definition) is 2. The van der Waals surface area contributed by atoms with E-state index in [2.05, 4.69) is 10.1 Å². The van der Waals surface area contributed by atoms with Crippen molar-refractivity contribution in [1.29, 1.82) is 0 Å². The highest BCUT2D eigenvalue weighted by molar-refractivity contribution is 6.31. The van der Waals surface area contributed by atoms with Crippen LogP contribution in [-0.2, 0) is 9.53 Å². The molecule has 1 aromatic carbocycles. The van der Waals surface area contributed by atoms with Crippen molar-refractivity contribution in [3.63, 3.8) is 0 Å². The topological polar surface area (TPSA) is 58.6 Å². The van der Waals surface area contributed by atoms with E-state index in [-0.39, 0.29) is 12.6 Å². The predicted octanol–water partition coefficient (Wildman–Crippen LogP) is 1.91. The van der Waals surface area contributed by atoms with Crippen LogP contribution in [0.3, 0.4) is 0 Å². The first kappa shape index (κ1) is 15.0. The number of ether oxygens (including phenoxy) is 1. The maximum atomic E-state index is 11.3. The molecule has 0 saturated carbocycles. The van der Waals surface area contributed by atoms with Crippen LogP contribution in [0.5, 0.6) is 0 Å². The molecule has 0 aliphatic rings. The number of hydrogen-bond acceptors (Lipinski definition) is 4. The Balaban J connectivity index is 2.64. The fourth-order valence-electron chi connectivity index (χ4n) is 1.58. The summed E-state index contributed by atoms with van der Waals surface area (Å²) in [6, 6.07) is 7.36. The molecule has 1 rings (SSSR count). The van der Waals surface area contributed by atoms with E-state index in [1.165, 1.54) is 14.0 Å². The van der Waals surface area contributed by atoms with Crippen molar-refractivity contribution in [2.24, 2.45) is 0 Å². The number of esters is 1. The number of halogens is 1. The number of rotatable bonds is 5. The summed E-state index contributed by atoms with van der Waals surface area (Å²) < 4.78 is 4.52. The van der Waals surface area contributed by atoms with Gasteiger partial charge in [0.25, 0.3) is 0 Å². The molecule has 0 aromatic heterocycles. The lowest BCUT2D eigenvalue weighted by atomic mass is 10.0. The smallest absolute Gasteiger partial charge is 0.338 e. The molecule has 0 heterocycles. The zero-order valence-corrected chi connectivity index (χ0v) is 11.5. The zero-order valence-electron chi connectivity index (χ0n) is 10.7. The van der Waals surface area contributed by atoms with Crippen molar-refractivity contribution >= 4 is 17.6 Å². The Hall–Kier alpha value is -1.10. The zero-order chi connectivity index (χ0) is 13.8. The van der Waals surface area contributed by atoms with Crippen LogP contribution in [0.15, 0.2) is 24.3 Å². The van der Waals surface area contributed by atoms with Crippen molar-refractivity contribution in [1.82, 2.24) is 5.32 Å². The third-order valence-electron chi connectivity index (χ3n) is 2.75. The Morgan fingerprint density at radius 3 is 2.72 bits per heavy atom. The maximum absolute atomic E-state index is 11.3. The molecule has 0 bridgehead atoms. The summed E-state index contributed by atoms with van der Waals surface area (Å²) in [6.45, 7) is 3.41. The maximum Gasteiger partial charge on any atom is 0.338 e. The van der Waals surface area contributed by atoms with Gasteiger partial charge in [-0.2, -0.15) is 0 Å². The first-order valence-electron chi connectivity index (χ1n) is 5.67. The number of methoxy groups -OCH3 is 1. The monoisotopic (exact) mass is 271 g/mol. The molecule has 100 valence electrons. The highest BCUT2D eigenvalue weighted by Gasteiger charge is 2.31. The van der Waals surface area contributed by atoms with Crippen molar-refractivity contribution in [3.05, 3.63) is 34.9 Å². The molecule has 0 aliphatic heterocycles. The summed E-state index contributed by atoms with van der Waals surface area (Å²) in [7, 11) is 1.24. The Labute approximate surface area is 112 Å². The van der Waals surface area contributed by atoms with Gasteiger partial charge in [-0.15, -0.1) is 0 Å². The van der Waals surface area contributed by atoms with E-state index in [1.807, 2.05) is 25.1 Å². The molecule has 0 fully saturated rings. The lowest BCUT2D eigenvalue weighted by molar-refractivity contribution is -0.160. The summed E-state index contributed by atoms with van der Waals surface area (Å²) in [6.07, 6.45) is 0. The van der Waals surface area contributed by atoms with E-state index in [1.54, 1.807) is 6.07 Å². The fourth-order valence-corrected chi connectivity index (χ4v) is 1.88. The van der Waals surface area contributed by atoms with Gasteiger partial charge in [0.05, 0.1) is 7.11 Å². The number of carbonyl (C=O) groups is 1. The Morgan fingerprint density at radius 1 is 1.56 bits per heavy atom. The van der Waals surface area contributed by atoms with Gasteiger partial charge < -0.3 is 15.2 Å². The summed E-state index contributed by atoms with van der Waals surface area (Å²) in [4.78, 5) is 11.3. The van der Waals surface area contributed by atoms with Crippen LogP contribution in [-0.4, -0.2) is 30.3 Å². The highest BCUT2D eigenvalue weighted by atomic mass is 35.5. The van der Waals surface area contributed by atoms with E-state index < -0.39 is 11.6 Å². The molecule has 18 heavy (non-hydrogen) atoms. The van der Waals surface area contributed by atoms with Crippen molar-refractivity contribution in [3.8, 4) is 0 Å². The second-order valence-corrected chi connectivity index (χ2v) is 4.80. The van der Waals surface area contributed by atoms with E-state index in [4.69, 9.17) is 11.6 Å². The van der Waals surface area contributed by atoms with Crippen LogP contribution >= 0.6 is 11.6 Å². The number of nitrogens with one attached hydrogen (secondary N) is 1. The number of carbonyl (C=O) groups excluding carboxylic acids is 1. The first-order valence-corrected chi connectivity index (χ1v) is 6.05. The van der Waals surface area contributed by atoms with Gasteiger partial charge >= 0.3 is 5.97 Å². The lowest BCUT2D eigenvalue weighted by Crippen LogP contribution is -2.46. The Morgan fingerprint density at radius 2 is 2.17 bits per heavy atom. The molecule has 2 atom stereocenters. The standard InChI is InChI=1S/C13H18ClNO3/c1-9(10-6-4-5-7-11(10)14)15-8-13(2,17)12(16)18-3/h4-7,9,15,17H,8H2,1-3H3/t9-,13?/m0/s1. The van der Waals surface area contributed by atoms with E-state index in [0.29, 0.717) is 5.02 Å². The van der Waals surface area contributed by atoms with E-state index in [0.717, 1.165) is 5.56 Å². The second-order valence-electron chi connectivity index (χ2n) is 4.39. The molecule has 5 heteroatoms. The Kier molecular flexibility index (Phi) is 5.14. The molecular formula is C13H18ClNO3. The highest BCUT2D eigenvalue weighted by Crippen LogP contribution is 2.22. The Bertz CT molecular complexity index is 420. The van der Waals surface area contributed by atoms with Crippen LogP contribution in [0.1, 0.15) is 25.5 Å². The second kappa shape index (κ2) is 6.18. The average Bonchev–Trinajstić information content (AvgIpc) is 2.35. The van der Waals surface area contributed by atoms with E-state index >= 15 is 0 Å². The average molecular weight is 272 g/mol. The SMILES string of the molecule is COC(=O)C(C)(O)CN[C@@H](C)c1ccccc1Cl. The summed E-state index contributed by atoms with van der Waals surface area (Å²) in [5.41, 5.74) is -0.635. The molecule has 2 N–H and O–H groups in total. The third-order valence-corrected chi connectivity index (χ3v) is 3.09. The van der Waals surface area contributed by atoms with Gasteiger partial charge in [-0.3, -0.25) is 0 Å². The van der Waals surface area contributed by atoms with Crippen LogP contribution < -0.4 is 5.32 Å². The largest absolute Gasteiger partial charge is 0.467 e. The minimum Gasteiger partial charge on any atom is -0.467 e. The van der Waals surface area contributed by atoms with Gasteiger partial charge in [0.15, 0.2) is 5.60 Å². The molecule has 0 aliphatic carbocycles. The molecule has 4 nitrogen and oxygen atoms in total. The lowest BCUT2D eigenvalue weighted by Gasteiger charge is -2.24. The van der Waals surface area contributed by atoms with Gasteiger partial charge in [-0.1, -0.05) is 29.8 Å². The molecular weight excluding hydrogens is 254 g/mol. The van der Waals surface area contributed by atoms with Crippen LogP contribution in [0, 0.1) is 0 Å². The van der Waals surface area contributed by atoms with Gasteiger partial charge in [-0.25, -0.2) is 4.79 Å². The summed E-state index contributed by atoms with van der Waals surface area (Å²) >= 11 is 6.06. The van der Waals surface area contributed by atoms with Gasteiger partial charge in [0.2, 0.25) is 0 Å². The summed E-state index contributed by atoms with van der Waals surface area (Å²) in [5.74, 6) is -0.665. The van der Waals surface area contributed by atoms with Crippen LogP contribution in [0.25, 0.3) is 0 Å². The molecule has 0 saturated heterocycles. The van der Waals surface area contributed by atoms with Crippen molar-refractivity contribution in [2.75, 3.05) is 13.7 Å². The number of benzene rings is 1. The van der Waals surface area contributed by atoms with Crippen molar-refractivity contribution < 1.29 is 14.6 Å². The molecule has 1 unspecified atom stereocenters. The van der Waals surface area contributed by atoms with Crippen LogP contribution in [0.2, 0.25) is 5.02 Å². The van der Waals surface area contributed by atoms with Crippen molar-refractivity contribution in [2.45, 2.75) is 25.5 Å².